The fraction of sp³-hybridized carbons (Fsp3) is 1.00. The summed E-state index contributed by atoms with van der Waals surface area (Å²) in [4.78, 5) is 0. The summed E-state index contributed by atoms with van der Waals surface area (Å²) in [5.41, 5.74) is 0. The summed E-state index contributed by atoms with van der Waals surface area (Å²) in [5, 5.41) is 0. The Balaban J connectivity index is 1.86. The monoisotopic (exact) mass is 248 g/mol. The Morgan fingerprint density at radius 1 is 0.875 bits per heavy atom. The van der Waals surface area contributed by atoms with Crippen molar-refractivity contribution in [2.75, 3.05) is 19.4 Å². The predicted molar refractivity (Wildman–Crippen MR) is 67.0 cm³/mol. The Hall–Kier alpha value is 0.150. The van der Waals surface area contributed by atoms with Crippen molar-refractivity contribution in [1.82, 2.24) is 0 Å². The van der Waals surface area contributed by atoms with E-state index in [1.807, 2.05) is 0 Å². The van der Waals surface area contributed by atoms with E-state index in [0.29, 0.717) is 19.4 Å². The largest absolute Gasteiger partial charge is 0.330 e. The summed E-state index contributed by atoms with van der Waals surface area (Å²) >= 11 is 0. The van der Waals surface area contributed by atoms with Crippen LogP contribution in [0.1, 0.15) is 58.3 Å². The topological polar surface area (TPSA) is 35.5 Å². The number of hydrogen-bond acceptors (Lipinski definition) is 3. The van der Waals surface area contributed by atoms with Crippen LogP contribution in [0.4, 0.5) is 0 Å². The molecular formula is C12H25O3P. The van der Waals surface area contributed by atoms with Gasteiger partial charge in [0.15, 0.2) is 0 Å². The summed E-state index contributed by atoms with van der Waals surface area (Å²) in [6.07, 6.45) is 10.7. The quantitative estimate of drug-likeness (QED) is 0.449. The van der Waals surface area contributed by atoms with Gasteiger partial charge in [0.1, 0.15) is 0 Å². The van der Waals surface area contributed by atoms with Gasteiger partial charge in [-0.05, 0) is 6.42 Å². The Labute approximate surface area is 99.4 Å². The molecule has 3 nitrogen and oxygen atoms in total. The van der Waals surface area contributed by atoms with E-state index >= 15 is 0 Å². The molecule has 1 rings (SSSR count). The lowest BCUT2D eigenvalue weighted by atomic mass is 10.1. The molecule has 1 aliphatic rings. The molecule has 0 N–H and O–H groups in total. The van der Waals surface area contributed by atoms with Crippen molar-refractivity contribution < 1.29 is 13.6 Å². The van der Waals surface area contributed by atoms with Crippen LogP contribution < -0.4 is 0 Å². The van der Waals surface area contributed by atoms with Crippen molar-refractivity contribution in [2.45, 2.75) is 58.3 Å². The summed E-state index contributed by atoms with van der Waals surface area (Å²) in [7, 11) is -2.64. The SMILES string of the molecule is CCCCCCCCCCP1(=O)OCCO1. The first-order chi connectivity index (χ1) is 7.77. The Morgan fingerprint density at radius 3 is 1.94 bits per heavy atom. The lowest BCUT2D eigenvalue weighted by Gasteiger charge is -2.08. The molecule has 0 radical (unpaired) electrons. The number of rotatable bonds is 9. The van der Waals surface area contributed by atoms with Gasteiger partial charge in [-0.3, -0.25) is 4.57 Å². The summed E-state index contributed by atoms with van der Waals surface area (Å²) in [6.45, 7) is 3.25. The lowest BCUT2D eigenvalue weighted by molar-refractivity contribution is 0.350. The maximum atomic E-state index is 11.7. The van der Waals surface area contributed by atoms with Crippen molar-refractivity contribution in [2.24, 2.45) is 0 Å². The van der Waals surface area contributed by atoms with Crippen molar-refractivity contribution in [1.29, 1.82) is 0 Å². The van der Waals surface area contributed by atoms with Crippen molar-refractivity contribution in [3.63, 3.8) is 0 Å². The molecule has 0 saturated carbocycles. The van der Waals surface area contributed by atoms with Gasteiger partial charge in [0, 0.05) is 0 Å². The number of unbranched alkanes of at least 4 members (excludes halogenated alkanes) is 7. The van der Waals surface area contributed by atoms with Gasteiger partial charge in [0.05, 0.1) is 19.4 Å². The molecule has 0 aromatic rings. The van der Waals surface area contributed by atoms with Crippen LogP contribution in [0.2, 0.25) is 0 Å². The third kappa shape index (κ3) is 6.03. The van der Waals surface area contributed by atoms with Crippen LogP contribution in [0.15, 0.2) is 0 Å². The van der Waals surface area contributed by atoms with E-state index in [1.54, 1.807) is 0 Å². The average molecular weight is 248 g/mol. The fourth-order valence-electron chi connectivity index (χ4n) is 1.96. The van der Waals surface area contributed by atoms with Crippen LogP contribution in [0, 0.1) is 0 Å². The van der Waals surface area contributed by atoms with Crippen molar-refractivity contribution in [3.8, 4) is 0 Å². The van der Waals surface area contributed by atoms with Crippen LogP contribution in [-0.4, -0.2) is 19.4 Å². The van der Waals surface area contributed by atoms with Crippen molar-refractivity contribution in [3.05, 3.63) is 0 Å². The second-order valence-electron chi connectivity index (χ2n) is 4.48. The fourth-order valence-corrected chi connectivity index (χ4v) is 3.61. The van der Waals surface area contributed by atoms with Crippen molar-refractivity contribution >= 4 is 7.60 Å². The zero-order valence-corrected chi connectivity index (χ0v) is 11.3. The van der Waals surface area contributed by atoms with Gasteiger partial charge in [-0.25, -0.2) is 0 Å². The highest BCUT2D eigenvalue weighted by atomic mass is 31.2. The van der Waals surface area contributed by atoms with Gasteiger partial charge in [-0.15, -0.1) is 0 Å². The third-order valence-electron chi connectivity index (χ3n) is 2.94. The van der Waals surface area contributed by atoms with Crippen LogP contribution in [0.3, 0.4) is 0 Å². The van der Waals surface area contributed by atoms with E-state index in [0.717, 1.165) is 12.8 Å². The highest BCUT2D eigenvalue weighted by molar-refractivity contribution is 7.54. The third-order valence-corrected chi connectivity index (χ3v) is 4.96. The molecule has 1 aliphatic heterocycles. The van der Waals surface area contributed by atoms with E-state index < -0.39 is 7.60 Å². The van der Waals surface area contributed by atoms with Crippen LogP contribution in [0.5, 0.6) is 0 Å². The Morgan fingerprint density at radius 2 is 1.38 bits per heavy atom. The predicted octanol–water partition coefficient (Wildman–Crippen LogP) is 4.37. The minimum atomic E-state index is -2.64. The number of hydrogen-bond donors (Lipinski definition) is 0. The Kier molecular flexibility index (Phi) is 7.35. The first-order valence-corrected chi connectivity index (χ1v) is 8.38. The maximum absolute atomic E-state index is 11.7. The summed E-state index contributed by atoms with van der Waals surface area (Å²) in [5.74, 6) is 0. The van der Waals surface area contributed by atoms with E-state index in [1.165, 1.54) is 38.5 Å². The smallest absolute Gasteiger partial charge is 0.306 e. The molecule has 0 aromatic heterocycles. The molecule has 1 fully saturated rings. The molecule has 16 heavy (non-hydrogen) atoms. The minimum Gasteiger partial charge on any atom is -0.306 e. The van der Waals surface area contributed by atoms with E-state index in [9.17, 15) is 4.57 Å². The van der Waals surface area contributed by atoms with Gasteiger partial charge in [-0.1, -0.05) is 51.9 Å². The molecule has 1 saturated heterocycles. The standard InChI is InChI=1S/C12H25O3P/c1-2-3-4-5-6-7-8-9-12-16(13)14-10-11-15-16/h2-12H2,1H3. The summed E-state index contributed by atoms with van der Waals surface area (Å²) in [6, 6.07) is 0. The molecular weight excluding hydrogens is 223 g/mol. The molecule has 0 bridgehead atoms. The highest BCUT2D eigenvalue weighted by Crippen LogP contribution is 2.52. The van der Waals surface area contributed by atoms with Crippen LogP contribution in [0.25, 0.3) is 0 Å². The average Bonchev–Trinajstić information content (AvgIpc) is 2.70. The second-order valence-corrected chi connectivity index (χ2v) is 6.66. The molecule has 0 unspecified atom stereocenters. The molecule has 1 heterocycles. The lowest BCUT2D eigenvalue weighted by Crippen LogP contribution is -1.90. The zero-order chi connectivity index (χ0) is 11.7. The van der Waals surface area contributed by atoms with E-state index in [4.69, 9.17) is 9.05 Å². The highest BCUT2D eigenvalue weighted by Gasteiger charge is 2.28. The first-order valence-electron chi connectivity index (χ1n) is 6.65. The molecule has 0 atom stereocenters. The molecule has 0 spiro atoms. The van der Waals surface area contributed by atoms with Crippen LogP contribution >= 0.6 is 7.60 Å². The van der Waals surface area contributed by atoms with Gasteiger partial charge in [0.25, 0.3) is 0 Å². The normalized spacial score (nSPS) is 19.1. The molecule has 0 aliphatic carbocycles. The van der Waals surface area contributed by atoms with Gasteiger partial charge < -0.3 is 9.05 Å². The maximum Gasteiger partial charge on any atom is 0.330 e. The first kappa shape index (κ1) is 14.2. The molecule has 4 heteroatoms. The second kappa shape index (κ2) is 8.27. The van der Waals surface area contributed by atoms with Gasteiger partial charge in [-0.2, -0.15) is 0 Å². The van der Waals surface area contributed by atoms with E-state index in [2.05, 4.69) is 6.92 Å². The Bertz CT molecular complexity index is 208. The molecule has 0 amide bonds. The molecule has 0 aromatic carbocycles. The summed E-state index contributed by atoms with van der Waals surface area (Å²) < 4.78 is 22.0. The molecule has 96 valence electrons. The van der Waals surface area contributed by atoms with Gasteiger partial charge in [0.2, 0.25) is 0 Å². The zero-order valence-electron chi connectivity index (χ0n) is 10.5. The van der Waals surface area contributed by atoms with E-state index in [-0.39, 0.29) is 0 Å². The minimum absolute atomic E-state index is 0.508. The van der Waals surface area contributed by atoms with Gasteiger partial charge >= 0.3 is 7.60 Å². The van der Waals surface area contributed by atoms with Crippen LogP contribution in [-0.2, 0) is 13.6 Å².